The summed E-state index contributed by atoms with van der Waals surface area (Å²) in [6.45, 7) is 9.40. The van der Waals surface area contributed by atoms with E-state index in [4.69, 9.17) is 4.74 Å². The van der Waals surface area contributed by atoms with Crippen LogP contribution in [0.4, 0.5) is 10.8 Å². The number of aliphatic imine (C=N–C) groups is 1. The Hall–Kier alpha value is -1.59. The number of anilines is 2. The van der Waals surface area contributed by atoms with Crippen LogP contribution in [0.15, 0.2) is 40.8 Å². The van der Waals surface area contributed by atoms with E-state index in [1.165, 1.54) is 10.6 Å². The maximum Gasteiger partial charge on any atom is 0.194 e. The zero-order chi connectivity index (χ0) is 20.1. The van der Waals surface area contributed by atoms with Crippen molar-refractivity contribution in [1.29, 1.82) is 0 Å². The highest BCUT2D eigenvalue weighted by Gasteiger charge is 2.21. The van der Waals surface area contributed by atoms with Gasteiger partial charge in [-0.05, 0) is 42.1 Å². The molecule has 2 aliphatic heterocycles. The number of guanidine groups is 1. The molecule has 4 heterocycles. The quantitative estimate of drug-likeness (QED) is 0.365. The van der Waals surface area contributed by atoms with Gasteiger partial charge in [0.2, 0.25) is 0 Å². The number of pyridine rings is 1. The molecule has 1 unspecified atom stereocenters. The molecule has 0 amide bonds. The fraction of sp³-hybridized carbons (Fsp3) is 0.524. The Bertz CT molecular complexity index is 810. The molecule has 2 aromatic heterocycles. The Morgan fingerprint density at radius 1 is 1.23 bits per heavy atom. The summed E-state index contributed by atoms with van der Waals surface area (Å²) in [5, 5.41) is 7.03. The van der Waals surface area contributed by atoms with Crippen LogP contribution in [0, 0.1) is 0 Å². The minimum absolute atomic E-state index is 0. The van der Waals surface area contributed by atoms with Gasteiger partial charge in [0.15, 0.2) is 5.96 Å². The van der Waals surface area contributed by atoms with Gasteiger partial charge in [-0.25, -0.2) is 4.98 Å². The molecule has 0 saturated carbocycles. The van der Waals surface area contributed by atoms with Crippen molar-refractivity contribution in [1.82, 2.24) is 15.2 Å². The minimum atomic E-state index is 0. The fourth-order valence-corrected chi connectivity index (χ4v) is 4.66. The van der Waals surface area contributed by atoms with E-state index in [0.29, 0.717) is 0 Å². The van der Waals surface area contributed by atoms with Gasteiger partial charge in [-0.3, -0.25) is 4.99 Å². The standard InChI is InChI=1S/C21H30N6OS.HI/c1-17-16-27(11-12-28-17)19-14-18(5-6-23-19)15-24-21(22-2)26-9-7-25(8-10-26)20-4-3-13-29-20;/h3-6,13-14,17H,7-12,15-16H2,1-2H3,(H,22,24);1H. The van der Waals surface area contributed by atoms with E-state index in [0.717, 1.165) is 64.2 Å². The predicted molar refractivity (Wildman–Crippen MR) is 136 cm³/mol. The van der Waals surface area contributed by atoms with Crippen LogP contribution in [0.2, 0.25) is 0 Å². The first-order valence-corrected chi connectivity index (χ1v) is 11.2. The van der Waals surface area contributed by atoms with Crippen LogP contribution in [0.1, 0.15) is 12.5 Å². The van der Waals surface area contributed by atoms with Crippen molar-refractivity contribution in [3.8, 4) is 0 Å². The summed E-state index contributed by atoms with van der Waals surface area (Å²) in [5.74, 6) is 1.99. The number of piperazine rings is 1. The first kappa shape index (κ1) is 23.1. The molecule has 1 N–H and O–H groups in total. The summed E-state index contributed by atoms with van der Waals surface area (Å²) in [6, 6.07) is 8.56. The average molecular weight is 542 g/mol. The van der Waals surface area contributed by atoms with E-state index in [9.17, 15) is 0 Å². The highest BCUT2D eigenvalue weighted by Crippen LogP contribution is 2.22. The van der Waals surface area contributed by atoms with Gasteiger partial charge in [-0.2, -0.15) is 0 Å². The van der Waals surface area contributed by atoms with E-state index < -0.39 is 0 Å². The average Bonchev–Trinajstić information content (AvgIpc) is 3.30. The number of nitrogens with zero attached hydrogens (tertiary/aromatic N) is 5. The second-order valence-electron chi connectivity index (χ2n) is 7.48. The predicted octanol–water partition coefficient (Wildman–Crippen LogP) is 2.88. The number of ether oxygens (including phenoxy) is 1. The molecule has 1 atom stereocenters. The third-order valence-corrected chi connectivity index (χ3v) is 6.36. The van der Waals surface area contributed by atoms with Crippen molar-refractivity contribution in [2.75, 3.05) is 62.7 Å². The number of morpholine rings is 1. The van der Waals surface area contributed by atoms with Crippen LogP contribution < -0.4 is 15.1 Å². The summed E-state index contributed by atoms with van der Waals surface area (Å²) in [5.41, 5.74) is 1.22. The summed E-state index contributed by atoms with van der Waals surface area (Å²) in [6.07, 6.45) is 2.15. The molecule has 0 radical (unpaired) electrons. The molecule has 164 valence electrons. The van der Waals surface area contributed by atoms with E-state index >= 15 is 0 Å². The first-order chi connectivity index (χ1) is 14.2. The normalized spacial score (nSPS) is 20.1. The highest BCUT2D eigenvalue weighted by molar-refractivity contribution is 14.0. The lowest BCUT2D eigenvalue weighted by Gasteiger charge is -2.37. The zero-order valence-corrected chi connectivity index (χ0v) is 20.8. The van der Waals surface area contributed by atoms with Crippen LogP contribution in [0.25, 0.3) is 0 Å². The van der Waals surface area contributed by atoms with Crippen molar-refractivity contribution in [3.05, 3.63) is 41.4 Å². The van der Waals surface area contributed by atoms with Gasteiger partial charge in [-0.15, -0.1) is 35.3 Å². The third-order valence-electron chi connectivity index (χ3n) is 5.43. The van der Waals surface area contributed by atoms with Crippen LogP contribution >= 0.6 is 35.3 Å². The topological polar surface area (TPSA) is 56.2 Å². The largest absolute Gasteiger partial charge is 0.375 e. The lowest BCUT2D eigenvalue weighted by Crippen LogP contribution is -2.52. The Balaban J connectivity index is 0.00000256. The summed E-state index contributed by atoms with van der Waals surface area (Å²) in [4.78, 5) is 16.2. The number of halogens is 1. The van der Waals surface area contributed by atoms with Gasteiger partial charge < -0.3 is 24.8 Å². The molecule has 2 aromatic rings. The van der Waals surface area contributed by atoms with Crippen molar-refractivity contribution < 1.29 is 4.74 Å². The Labute approximate surface area is 200 Å². The van der Waals surface area contributed by atoms with Crippen molar-refractivity contribution >= 4 is 52.1 Å². The van der Waals surface area contributed by atoms with E-state index in [1.807, 2.05) is 24.6 Å². The molecule has 2 fully saturated rings. The van der Waals surface area contributed by atoms with Crippen molar-refractivity contribution in [2.24, 2.45) is 4.99 Å². The maximum atomic E-state index is 5.65. The summed E-state index contributed by atoms with van der Waals surface area (Å²) < 4.78 is 5.65. The lowest BCUT2D eigenvalue weighted by molar-refractivity contribution is 0.0529. The van der Waals surface area contributed by atoms with Gasteiger partial charge in [0.25, 0.3) is 0 Å². The Morgan fingerprint density at radius 3 is 2.77 bits per heavy atom. The SMILES string of the molecule is CN=C(NCc1ccnc(N2CCOC(C)C2)c1)N1CCN(c2cccs2)CC1.I. The molecule has 9 heteroatoms. The van der Waals surface area contributed by atoms with Gasteiger partial charge >= 0.3 is 0 Å². The van der Waals surface area contributed by atoms with Crippen LogP contribution in [0.3, 0.4) is 0 Å². The Kier molecular flexibility index (Phi) is 8.58. The molecule has 2 saturated heterocycles. The van der Waals surface area contributed by atoms with E-state index in [1.54, 1.807) is 0 Å². The van der Waals surface area contributed by atoms with Crippen LogP contribution in [0.5, 0.6) is 0 Å². The number of nitrogens with one attached hydrogen (secondary N) is 1. The van der Waals surface area contributed by atoms with Gasteiger partial charge in [0, 0.05) is 59.1 Å². The smallest absolute Gasteiger partial charge is 0.194 e. The Morgan fingerprint density at radius 2 is 2.07 bits per heavy atom. The number of rotatable bonds is 4. The molecular weight excluding hydrogens is 511 g/mol. The monoisotopic (exact) mass is 542 g/mol. The maximum absolute atomic E-state index is 5.65. The lowest BCUT2D eigenvalue weighted by atomic mass is 10.2. The number of thiophene rings is 1. The molecular formula is C21H31IN6OS. The summed E-state index contributed by atoms with van der Waals surface area (Å²) in [7, 11) is 1.86. The van der Waals surface area contributed by atoms with Gasteiger partial charge in [0.1, 0.15) is 5.82 Å². The van der Waals surface area contributed by atoms with Crippen molar-refractivity contribution in [2.45, 2.75) is 19.6 Å². The highest BCUT2D eigenvalue weighted by atomic mass is 127. The number of aromatic nitrogens is 1. The molecule has 0 aromatic carbocycles. The number of hydrogen-bond acceptors (Lipinski definition) is 6. The van der Waals surface area contributed by atoms with Crippen molar-refractivity contribution in [3.63, 3.8) is 0 Å². The molecule has 0 bridgehead atoms. The third kappa shape index (κ3) is 5.76. The molecule has 30 heavy (non-hydrogen) atoms. The molecule has 4 rings (SSSR count). The van der Waals surface area contributed by atoms with E-state index in [2.05, 4.69) is 66.6 Å². The summed E-state index contributed by atoms with van der Waals surface area (Å²) >= 11 is 1.81. The van der Waals surface area contributed by atoms with Crippen LogP contribution in [-0.2, 0) is 11.3 Å². The number of hydrogen-bond donors (Lipinski definition) is 1. The zero-order valence-electron chi connectivity index (χ0n) is 17.7. The molecule has 0 aliphatic carbocycles. The van der Waals surface area contributed by atoms with E-state index in [-0.39, 0.29) is 30.1 Å². The molecule has 0 spiro atoms. The first-order valence-electron chi connectivity index (χ1n) is 10.3. The second kappa shape index (κ2) is 11.1. The molecule has 2 aliphatic rings. The van der Waals surface area contributed by atoms with Gasteiger partial charge in [-0.1, -0.05) is 0 Å². The minimum Gasteiger partial charge on any atom is -0.375 e. The second-order valence-corrected chi connectivity index (χ2v) is 8.40. The van der Waals surface area contributed by atoms with Gasteiger partial charge in [0.05, 0.1) is 17.7 Å². The fourth-order valence-electron chi connectivity index (χ4n) is 3.87. The molecule has 7 nitrogen and oxygen atoms in total. The van der Waals surface area contributed by atoms with Crippen LogP contribution in [-0.4, -0.2) is 74.9 Å².